The van der Waals surface area contributed by atoms with Crippen molar-refractivity contribution in [3.8, 4) is 0 Å². The van der Waals surface area contributed by atoms with Gasteiger partial charge in [-0.25, -0.2) is 0 Å². The van der Waals surface area contributed by atoms with E-state index in [2.05, 4.69) is 17.0 Å². The molecule has 1 aromatic rings. The van der Waals surface area contributed by atoms with E-state index in [-0.39, 0.29) is 11.2 Å². The van der Waals surface area contributed by atoms with E-state index in [0.29, 0.717) is 6.54 Å². The third-order valence-corrected chi connectivity index (χ3v) is 5.52. The summed E-state index contributed by atoms with van der Waals surface area (Å²) in [5.41, 5.74) is 0.626. The van der Waals surface area contributed by atoms with Crippen LogP contribution in [0, 0.1) is 0 Å². The molecule has 3 rings (SSSR count). The summed E-state index contributed by atoms with van der Waals surface area (Å²) >= 11 is 1.70. The fraction of sp³-hybridized carbons (Fsp3) is 0.588. The fourth-order valence-corrected chi connectivity index (χ4v) is 4.48. The lowest BCUT2D eigenvalue weighted by molar-refractivity contribution is -0.132. The number of fused-ring (bicyclic) bond motifs is 1. The first kappa shape index (κ1) is 15.8. The zero-order valence-electron chi connectivity index (χ0n) is 13.3. The maximum absolute atomic E-state index is 12.7. The van der Waals surface area contributed by atoms with E-state index in [1.165, 1.54) is 10.5 Å². The van der Waals surface area contributed by atoms with Gasteiger partial charge in [0.1, 0.15) is 0 Å². The van der Waals surface area contributed by atoms with Gasteiger partial charge in [-0.1, -0.05) is 18.2 Å². The Kier molecular flexibility index (Phi) is 4.48. The number of hydrogen-bond acceptors (Lipinski definition) is 4. The molecule has 5 heteroatoms. The molecule has 2 aliphatic rings. The molecule has 2 heterocycles. The van der Waals surface area contributed by atoms with Gasteiger partial charge in [-0.3, -0.25) is 9.69 Å². The second kappa shape index (κ2) is 6.22. The van der Waals surface area contributed by atoms with Crippen molar-refractivity contribution in [1.29, 1.82) is 0 Å². The predicted octanol–water partition coefficient (Wildman–Crippen LogP) is 1.62. The van der Waals surface area contributed by atoms with Crippen molar-refractivity contribution >= 4 is 17.7 Å². The van der Waals surface area contributed by atoms with Crippen LogP contribution in [0.2, 0.25) is 0 Å². The van der Waals surface area contributed by atoms with Crippen LogP contribution in [-0.4, -0.2) is 64.4 Å². The van der Waals surface area contributed by atoms with Crippen LogP contribution in [-0.2, 0) is 11.2 Å². The number of carbonyl (C=O) groups excluding carboxylic acids is 1. The van der Waals surface area contributed by atoms with Crippen LogP contribution in [0.4, 0.5) is 0 Å². The molecule has 0 aliphatic carbocycles. The van der Waals surface area contributed by atoms with Gasteiger partial charge in [0.05, 0.1) is 10.9 Å². The number of β-amino-alcohol motifs (C(OH)–C–C–N with tert-alkyl or cyclic N) is 1. The number of aliphatic hydroxyl groups is 1. The number of nitrogens with zero attached hydrogens (tertiary/aromatic N) is 2. The normalized spacial score (nSPS) is 22.7. The Hall–Kier alpha value is -1.04. The summed E-state index contributed by atoms with van der Waals surface area (Å²) in [6, 6.07) is 8.31. The number of thioether (sulfide) groups is 1. The van der Waals surface area contributed by atoms with Crippen molar-refractivity contribution in [3.05, 3.63) is 29.8 Å². The lowest BCUT2D eigenvalue weighted by Gasteiger charge is -2.38. The molecule has 120 valence electrons. The highest BCUT2D eigenvalue weighted by Crippen LogP contribution is 2.37. The molecule has 1 atom stereocenters. The van der Waals surface area contributed by atoms with Crippen molar-refractivity contribution < 1.29 is 9.90 Å². The van der Waals surface area contributed by atoms with Gasteiger partial charge >= 0.3 is 0 Å². The number of amides is 1. The van der Waals surface area contributed by atoms with Crippen molar-refractivity contribution in [3.63, 3.8) is 0 Å². The molecular formula is C17H24N2O2S. The van der Waals surface area contributed by atoms with E-state index in [4.69, 9.17) is 0 Å². The topological polar surface area (TPSA) is 43.8 Å². The van der Waals surface area contributed by atoms with Gasteiger partial charge in [0.15, 0.2) is 0 Å². The van der Waals surface area contributed by atoms with Gasteiger partial charge in [0.25, 0.3) is 0 Å². The standard InChI is InChI=1S/C17H24N2O2S/c1-17(2,21)12-18-7-9-19(10-8-18)16(20)15-11-13-5-3-4-6-14(13)22-15/h3-6,15,21H,7-12H2,1-2H3/t15-/m1/s1. The summed E-state index contributed by atoms with van der Waals surface area (Å²) in [6.07, 6.45) is 0.851. The van der Waals surface area contributed by atoms with E-state index in [9.17, 15) is 9.90 Å². The van der Waals surface area contributed by atoms with Crippen molar-refractivity contribution in [1.82, 2.24) is 9.80 Å². The molecule has 2 aliphatic heterocycles. The molecule has 1 amide bonds. The minimum Gasteiger partial charge on any atom is -0.389 e. The van der Waals surface area contributed by atoms with Crippen molar-refractivity contribution in [2.75, 3.05) is 32.7 Å². The highest BCUT2D eigenvalue weighted by Gasteiger charge is 2.33. The Bertz CT molecular complexity index is 523. The van der Waals surface area contributed by atoms with Crippen LogP contribution < -0.4 is 0 Å². The Labute approximate surface area is 136 Å². The summed E-state index contributed by atoms with van der Waals surface area (Å²) in [6.45, 7) is 7.55. The average molecular weight is 320 g/mol. The monoisotopic (exact) mass is 320 g/mol. The van der Waals surface area contributed by atoms with Crippen LogP contribution in [0.5, 0.6) is 0 Å². The zero-order chi connectivity index (χ0) is 15.7. The summed E-state index contributed by atoms with van der Waals surface area (Å²) in [5.74, 6) is 0.268. The summed E-state index contributed by atoms with van der Waals surface area (Å²) in [5, 5.41) is 9.93. The highest BCUT2D eigenvalue weighted by molar-refractivity contribution is 8.01. The van der Waals surface area contributed by atoms with Gasteiger partial charge in [-0.05, 0) is 31.9 Å². The summed E-state index contributed by atoms with van der Waals surface area (Å²) in [4.78, 5) is 18.2. The molecule has 22 heavy (non-hydrogen) atoms. The van der Waals surface area contributed by atoms with Crippen molar-refractivity contribution in [2.45, 2.75) is 36.0 Å². The molecule has 1 saturated heterocycles. The number of carbonyl (C=O) groups is 1. The maximum atomic E-state index is 12.7. The van der Waals surface area contributed by atoms with E-state index in [0.717, 1.165) is 32.6 Å². The fourth-order valence-electron chi connectivity index (χ4n) is 3.20. The van der Waals surface area contributed by atoms with E-state index in [1.807, 2.05) is 30.9 Å². The molecule has 0 saturated carbocycles. The predicted molar refractivity (Wildman–Crippen MR) is 89.1 cm³/mol. The second-order valence-corrected chi connectivity index (χ2v) is 8.08. The van der Waals surface area contributed by atoms with Crippen LogP contribution in [0.1, 0.15) is 19.4 Å². The molecule has 4 nitrogen and oxygen atoms in total. The molecule has 1 aromatic carbocycles. The molecule has 0 spiro atoms. The smallest absolute Gasteiger partial charge is 0.236 e. The summed E-state index contributed by atoms with van der Waals surface area (Å²) in [7, 11) is 0. The van der Waals surface area contributed by atoms with Crippen LogP contribution in [0.15, 0.2) is 29.2 Å². The average Bonchev–Trinajstić information content (AvgIpc) is 2.89. The maximum Gasteiger partial charge on any atom is 0.236 e. The van der Waals surface area contributed by atoms with Crippen LogP contribution in [0.3, 0.4) is 0 Å². The third-order valence-electron chi connectivity index (χ3n) is 4.22. The largest absolute Gasteiger partial charge is 0.389 e. The van der Waals surface area contributed by atoms with E-state index >= 15 is 0 Å². The van der Waals surface area contributed by atoms with E-state index in [1.54, 1.807) is 11.8 Å². The molecule has 0 bridgehead atoms. The Balaban J connectivity index is 1.53. The zero-order valence-corrected chi connectivity index (χ0v) is 14.1. The summed E-state index contributed by atoms with van der Waals surface area (Å²) < 4.78 is 0. The third kappa shape index (κ3) is 3.65. The van der Waals surface area contributed by atoms with Gasteiger partial charge in [-0.15, -0.1) is 11.8 Å². The number of piperazine rings is 1. The first-order chi connectivity index (χ1) is 10.4. The van der Waals surface area contributed by atoms with E-state index < -0.39 is 5.60 Å². The molecule has 0 aromatic heterocycles. The lowest BCUT2D eigenvalue weighted by Crippen LogP contribution is -2.53. The second-order valence-electron chi connectivity index (χ2n) is 6.83. The Morgan fingerprint density at radius 1 is 1.27 bits per heavy atom. The van der Waals surface area contributed by atoms with Crippen molar-refractivity contribution in [2.24, 2.45) is 0 Å². The minimum absolute atomic E-state index is 0.0400. The van der Waals surface area contributed by atoms with Gasteiger partial charge in [0, 0.05) is 37.6 Å². The van der Waals surface area contributed by atoms with Gasteiger partial charge in [-0.2, -0.15) is 0 Å². The molecule has 0 radical (unpaired) electrons. The molecular weight excluding hydrogens is 296 g/mol. The molecule has 1 N–H and O–H groups in total. The van der Waals surface area contributed by atoms with Gasteiger partial charge in [0.2, 0.25) is 5.91 Å². The Morgan fingerprint density at radius 3 is 2.59 bits per heavy atom. The van der Waals surface area contributed by atoms with Gasteiger partial charge < -0.3 is 10.0 Å². The van der Waals surface area contributed by atoms with Crippen LogP contribution >= 0.6 is 11.8 Å². The molecule has 1 fully saturated rings. The molecule has 0 unspecified atom stereocenters. The first-order valence-corrected chi connectivity index (χ1v) is 8.78. The van der Waals surface area contributed by atoms with Crippen LogP contribution in [0.25, 0.3) is 0 Å². The SMILES string of the molecule is CC(C)(O)CN1CCN(C(=O)[C@H]2Cc3ccccc3S2)CC1. The highest BCUT2D eigenvalue weighted by atomic mass is 32.2. The number of benzene rings is 1. The number of rotatable bonds is 3. The first-order valence-electron chi connectivity index (χ1n) is 7.90. The Morgan fingerprint density at radius 2 is 1.95 bits per heavy atom. The number of hydrogen-bond donors (Lipinski definition) is 1. The lowest BCUT2D eigenvalue weighted by atomic mass is 10.1. The minimum atomic E-state index is -0.672. The quantitative estimate of drug-likeness (QED) is 0.919.